The summed E-state index contributed by atoms with van der Waals surface area (Å²) in [5.74, 6) is 1.11. The highest BCUT2D eigenvalue weighted by Crippen LogP contribution is 2.16. The van der Waals surface area contributed by atoms with E-state index >= 15 is 0 Å². The van der Waals surface area contributed by atoms with Crippen LogP contribution in [0.5, 0.6) is 0 Å². The van der Waals surface area contributed by atoms with Crippen LogP contribution >= 0.6 is 0 Å². The molecule has 0 fully saturated rings. The minimum absolute atomic E-state index is 0.280. The predicted octanol–water partition coefficient (Wildman–Crippen LogP) is 2.19. The molecule has 0 aliphatic carbocycles. The van der Waals surface area contributed by atoms with E-state index in [1.165, 1.54) is 0 Å². The summed E-state index contributed by atoms with van der Waals surface area (Å²) in [5.41, 5.74) is 1.13. The first kappa shape index (κ1) is 12.8. The number of nitrogens with one attached hydrogen (secondary N) is 1. The zero-order chi connectivity index (χ0) is 12.8. The molecule has 0 amide bonds. The van der Waals surface area contributed by atoms with Gasteiger partial charge in [-0.15, -0.1) is 0 Å². The molecule has 0 saturated carbocycles. The molecule has 2 rings (SSSR count). The second-order valence-electron chi connectivity index (χ2n) is 4.27. The van der Waals surface area contributed by atoms with Crippen molar-refractivity contribution in [1.29, 1.82) is 0 Å². The van der Waals surface area contributed by atoms with E-state index < -0.39 is 0 Å². The highest BCUT2D eigenvalue weighted by molar-refractivity contribution is 5.06. The van der Waals surface area contributed by atoms with Crippen molar-refractivity contribution >= 4 is 0 Å². The molecule has 96 valence electrons. The van der Waals surface area contributed by atoms with Crippen molar-refractivity contribution in [3.63, 3.8) is 0 Å². The fourth-order valence-electron chi connectivity index (χ4n) is 2.14. The maximum absolute atomic E-state index is 4.45. The molecule has 2 heterocycles. The molecule has 4 nitrogen and oxygen atoms in total. The Morgan fingerprint density at radius 3 is 2.83 bits per heavy atom. The smallest absolute Gasteiger partial charge is 0.125 e. The molecule has 0 aliphatic heterocycles. The molecule has 0 aliphatic rings. The van der Waals surface area contributed by atoms with Crippen LogP contribution in [0.4, 0.5) is 0 Å². The van der Waals surface area contributed by atoms with Gasteiger partial charge in [-0.3, -0.25) is 4.98 Å². The Bertz CT molecular complexity index is 464. The van der Waals surface area contributed by atoms with Gasteiger partial charge < -0.3 is 9.88 Å². The Labute approximate surface area is 108 Å². The van der Waals surface area contributed by atoms with Gasteiger partial charge in [0, 0.05) is 30.8 Å². The fraction of sp³-hybridized carbons (Fsp3) is 0.429. The number of rotatable bonds is 6. The first-order valence-electron chi connectivity index (χ1n) is 6.43. The van der Waals surface area contributed by atoms with Crippen LogP contribution in [0.2, 0.25) is 0 Å². The van der Waals surface area contributed by atoms with Gasteiger partial charge in [0.1, 0.15) is 5.82 Å². The highest BCUT2D eigenvalue weighted by atomic mass is 15.1. The number of nitrogens with zero attached hydrogens (tertiary/aromatic N) is 3. The maximum Gasteiger partial charge on any atom is 0.125 e. The van der Waals surface area contributed by atoms with Crippen molar-refractivity contribution in [2.75, 3.05) is 7.05 Å². The predicted molar refractivity (Wildman–Crippen MR) is 72.3 cm³/mol. The van der Waals surface area contributed by atoms with Gasteiger partial charge in [0.15, 0.2) is 0 Å². The second-order valence-corrected chi connectivity index (χ2v) is 4.27. The Hall–Kier alpha value is -1.68. The van der Waals surface area contributed by atoms with Crippen LogP contribution in [0, 0.1) is 0 Å². The Morgan fingerprint density at radius 1 is 1.28 bits per heavy atom. The van der Waals surface area contributed by atoms with Gasteiger partial charge in [-0.2, -0.15) is 0 Å². The van der Waals surface area contributed by atoms with Crippen LogP contribution < -0.4 is 5.32 Å². The van der Waals surface area contributed by atoms with Gasteiger partial charge in [0.05, 0.1) is 6.04 Å². The summed E-state index contributed by atoms with van der Waals surface area (Å²) >= 11 is 0. The van der Waals surface area contributed by atoms with Crippen LogP contribution in [0.25, 0.3) is 0 Å². The quantitative estimate of drug-likeness (QED) is 0.847. The molecule has 0 bridgehead atoms. The summed E-state index contributed by atoms with van der Waals surface area (Å²) in [7, 11) is 1.98. The summed E-state index contributed by atoms with van der Waals surface area (Å²) < 4.78 is 2.18. The average Bonchev–Trinajstić information content (AvgIpc) is 2.89. The van der Waals surface area contributed by atoms with Crippen molar-refractivity contribution in [2.24, 2.45) is 0 Å². The molecule has 0 aromatic carbocycles. The van der Waals surface area contributed by atoms with E-state index in [-0.39, 0.29) is 6.04 Å². The molecule has 0 saturated heterocycles. The van der Waals surface area contributed by atoms with E-state index in [2.05, 4.69) is 32.8 Å². The number of hydrogen-bond donors (Lipinski definition) is 1. The first-order valence-corrected chi connectivity index (χ1v) is 6.43. The number of hydrogen-bond acceptors (Lipinski definition) is 3. The van der Waals surface area contributed by atoms with Crippen LogP contribution in [-0.4, -0.2) is 21.6 Å². The summed E-state index contributed by atoms with van der Waals surface area (Å²) in [6.45, 7) is 3.09. The lowest BCUT2D eigenvalue weighted by Gasteiger charge is -2.16. The van der Waals surface area contributed by atoms with Crippen molar-refractivity contribution in [1.82, 2.24) is 19.9 Å². The Balaban J connectivity index is 2.02. The molecule has 2 aromatic heterocycles. The fourth-order valence-corrected chi connectivity index (χ4v) is 2.14. The molecular formula is C14H20N4. The van der Waals surface area contributed by atoms with Gasteiger partial charge in [-0.25, -0.2) is 4.98 Å². The third-order valence-electron chi connectivity index (χ3n) is 3.16. The molecular weight excluding hydrogens is 224 g/mol. The van der Waals surface area contributed by atoms with Crippen LogP contribution in [0.1, 0.15) is 30.9 Å². The van der Waals surface area contributed by atoms with Gasteiger partial charge in [-0.05, 0) is 38.9 Å². The van der Waals surface area contributed by atoms with Crippen molar-refractivity contribution in [2.45, 2.75) is 32.4 Å². The van der Waals surface area contributed by atoms with Crippen molar-refractivity contribution < 1.29 is 0 Å². The number of aryl methyl sites for hydroxylation is 2. The zero-order valence-corrected chi connectivity index (χ0v) is 11.0. The molecule has 1 atom stereocenters. The molecule has 0 spiro atoms. The van der Waals surface area contributed by atoms with Gasteiger partial charge >= 0.3 is 0 Å². The van der Waals surface area contributed by atoms with E-state index in [4.69, 9.17) is 0 Å². The molecule has 1 unspecified atom stereocenters. The molecule has 18 heavy (non-hydrogen) atoms. The maximum atomic E-state index is 4.45. The Kier molecular flexibility index (Phi) is 4.47. The van der Waals surface area contributed by atoms with Crippen molar-refractivity contribution in [3.8, 4) is 0 Å². The lowest BCUT2D eigenvalue weighted by molar-refractivity contribution is 0.492. The summed E-state index contributed by atoms with van der Waals surface area (Å²) in [6, 6.07) is 6.33. The highest BCUT2D eigenvalue weighted by Gasteiger charge is 2.14. The lowest BCUT2D eigenvalue weighted by Crippen LogP contribution is -2.21. The van der Waals surface area contributed by atoms with Crippen LogP contribution in [0.3, 0.4) is 0 Å². The normalized spacial score (nSPS) is 12.6. The van der Waals surface area contributed by atoms with Gasteiger partial charge in [0.2, 0.25) is 0 Å². The topological polar surface area (TPSA) is 42.7 Å². The molecule has 4 heteroatoms. The van der Waals surface area contributed by atoms with E-state index in [1.54, 1.807) is 0 Å². The number of aromatic nitrogens is 3. The SMILES string of the molecule is CCn1ccnc1C(CCc1ccccn1)NC. The summed E-state index contributed by atoms with van der Waals surface area (Å²) in [6.07, 6.45) is 7.70. The largest absolute Gasteiger partial charge is 0.334 e. The first-order chi connectivity index (χ1) is 8.85. The Morgan fingerprint density at radius 2 is 2.17 bits per heavy atom. The summed E-state index contributed by atoms with van der Waals surface area (Å²) in [5, 5.41) is 3.34. The van der Waals surface area contributed by atoms with Crippen LogP contribution in [0.15, 0.2) is 36.8 Å². The minimum Gasteiger partial charge on any atom is -0.334 e. The average molecular weight is 244 g/mol. The third-order valence-corrected chi connectivity index (χ3v) is 3.16. The number of imidazole rings is 1. The molecule has 0 radical (unpaired) electrons. The van der Waals surface area contributed by atoms with Gasteiger partial charge in [0.25, 0.3) is 0 Å². The summed E-state index contributed by atoms with van der Waals surface area (Å²) in [4.78, 5) is 8.80. The zero-order valence-electron chi connectivity index (χ0n) is 11.0. The second kappa shape index (κ2) is 6.31. The number of pyridine rings is 1. The van der Waals surface area contributed by atoms with Gasteiger partial charge in [-0.1, -0.05) is 6.07 Å². The van der Waals surface area contributed by atoms with E-state index in [0.717, 1.165) is 30.9 Å². The lowest BCUT2D eigenvalue weighted by atomic mass is 10.1. The van der Waals surface area contributed by atoms with Crippen LogP contribution in [-0.2, 0) is 13.0 Å². The minimum atomic E-state index is 0.280. The molecule has 2 aromatic rings. The van der Waals surface area contributed by atoms with E-state index in [0.29, 0.717) is 0 Å². The monoisotopic (exact) mass is 244 g/mol. The van der Waals surface area contributed by atoms with E-state index in [1.807, 2.05) is 37.8 Å². The standard InChI is InChI=1S/C14H20N4/c1-3-18-11-10-17-14(18)13(15-2)8-7-12-6-4-5-9-16-12/h4-6,9-11,13,15H,3,7-8H2,1-2H3. The van der Waals surface area contributed by atoms with E-state index in [9.17, 15) is 0 Å². The third kappa shape index (κ3) is 2.96. The van der Waals surface area contributed by atoms with Crippen molar-refractivity contribution in [3.05, 3.63) is 48.3 Å². The molecule has 1 N–H and O–H groups in total.